The lowest BCUT2D eigenvalue weighted by Gasteiger charge is -2.33. The molecule has 0 aliphatic heterocycles. The van der Waals surface area contributed by atoms with Crippen LogP contribution in [0.1, 0.15) is 45.1 Å². The molecule has 106 valence electrons. The molecule has 0 spiro atoms. The third-order valence-corrected chi connectivity index (χ3v) is 4.83. The van der Waals surface area contributed by atoms with Gasteiger partial charge in [0.15, 0.2) is 0 Å². The number of anilines is 2. The summed E-state index contributed by atoms with van der Waals surface area (Å²) in [5.74, 6) is 1.69. The minimum absolute atomic E-state index is 0.632. The summed E-state index contributed by atoms with van der Waals surface area (Å²) in [7, 11) is 0. The predicted octanol–water partition coefficient (Wildman–Crippen LogP) is 4.14. The zero-order valence-electron chi connectivity index (χ0n) is 12.1. The Morgan fingerprint density at radius 3 is 2.63 bits per heavy atom. The maximum absolute atomic E-state index is 5.93. The van der Waals surface area contributed by atoms with Gasteiger partial charge in [0.05, 0.1) is 16.4 Å². The van der Waals surface area contributed by atoms with Crippen LogP contribution in [-0.2, 0) is 0 Å². The Labute approximate surface area is 124 Å². The number of nitrogen functional groups attached to an aromatic ring is 1. The topological polar surface area (TPSA) is 42.1 Å². The number of hydrogen-bond acceptors (Lipinski definition) is 3. The van der Waals surface area contributed by atoms with Gasteiger partial charge < -0.3 is 10.6 Å². The predicted molar refractivity (Wildman–Crippen MR) is 85.5 cm³/mol. The molecule has 4 heteroatoms. The Hall–Kier alpha value is -0.770. The normalized spacial score (nSPS) is 16.3. The van der Waals surface area contributed by atoms with Gasteiger partial charge in [0.25, 0.3) is 0 Å². The Balaban J connectivity index is 2.34. The fourth-order valence-corrected chi connectivity index (χ4v) is 3.36. The van der Waals surface area contributed by atoms with Gasteiger partial charge in [-0.3, -0.25) is 0 Å². The summed E-state index contributed by atoms with van der Waals surface area (Å²) in [5.41, 5.74) is 7.78. The van der Waals surface area contributed by atoms with Crippen molar-refractivity contribution in [2.24, 2.45) is 5.92 Å². The number of nitrogens with two attached hydrogens (primary N) is 1. The van der Waals surface area contributed by atoms with Gasteiger partial charge in [-0.2, -0.15) is 0 Å². The van der Waals surface area contributed by atoms with Crippen LogP contribution < -0.4 is 10.6 Å². The van der Waals surface area contributed by atoms with E-state index in [1.165, 1.54) is 25.7 Å². The molecule has 0 bridgehead atoms. The number of aromatic nitrogens is 1. The molecule has 0 aromatic carbocycles. The van der Waals surface area contributed by atoms with Gasteiger partial charge in [0.1, 0.15) is 5.82 Å². The van der Waals surface area contributed by atoms with Crippen molar-refractivity contribution in [3.63, 3.8) is 0 Å². The van der Waals surface area contributed by atoms with E-state index in [-0.39, 0.29) is 0 Å². The summed E-state index contributed by atoms with van der Waals surface area (Å²) < 4.78 is 1.06. The lowest BCUT2D eigenvalue weighted by atomic mass is 10.1. The highest BCUT2D eigenvalue weighted by Crippen LogP contribution is 2.35. The molecule has 0 amide bonds. The van der Waals surface area contributed by atoms with Gasteiger partial charge in [0.2, 0.25) is 0 Å². The molecule has 2 N–H and O–H groups in total. The second kappa shape index (κ2) is 6.12. The Bertz CT molecular complexity index is 439. The van der Waals surface area contributed by atoms with Crippen molar-refractivity contribution in [3.8, 4) is 0 Å². The molecule has 0 radical (unpaired) electrons. The molecule has 1 aromatic heterocycles. The average Bonchev–Trinajstić information content (AvgIpc) is 2.87. The Kier molecular flexibility index (Phi) is 4.71. The first-order chi connectivity index (χ1) is 9.00. The zero-order chi connectivity index (χ0) is 14.0. The highest BCUT2D eigenvalue weighted by Gasteiger charge is 2.26. The van der Waals surface area contributed by atoms with Crippen molar-refractivity contribution in [2.45, 2.75) is 52.5 Å². The third-order valence-electron chi connectivity index (χ3n) is 3.88. The van der Waals surface area contributed by atoms with E-state index in [9.17, 15) is 0 Å². The second-order valence-electron chi connectivity index (χ2n) is 5.96. The van der Waals surface area contributed by atoms with Gasteiger partial charge in [-0.25, -0.2) is 4.98 Å². The van der Waals surface area contributed by atoms with E-state index in [2.05, 4.69) is 39.7 Å². The quantitative estimate of drug-likeness (QED) is 0.904. The molecule has 0 unspecified atom stereocenters. The molecule has 1 saturated carbocycles. The van der Waals surface area contributed by atoms with E-state index in [4.69, 9.17) is 5.73 Å². The van der Waals surface area contributed by atoms with Crippen LogP contribution >= 0.6 is 15.9 Å². The highest BCUT2D eigenvalue weighted by molar-refractivity contribution is 9.10. The average molecular weight is 326 g/mol. The Morgan fingerprint density at radius 2 is 2.05 bits per heavy atom. The SMILES string of the molecule is Cc1c(N)cnc(N(CC(C)C)C2CCCC2)c1Br. The van der Waals surface area contributed by atoms with E-state index in [1.807, 2.05) is 6.92 Å². The van der Waals surface area contributed by atoms with Crippen molar-refractivity contribution in [1.29, 1.82) is 0 Å². The van der Waals surface area contributed by atoms with Crippen LogP contribution in [0.25, 0.3) is 0 Å². The molecule has 0 atom stereocenters. The molecule has 0 saturated heterocycles. The summed E-state index contributed by atoms with van der Waals surface area (Å²) in [6.45, 7) is 7.63. The maximum Gasteiger partial charge on any atom is 0.143 e. The van der Waals surface area contributed by atoms with E-state index >= 15 is 0 Å². The summed E-state index contributed by atoms with van der Waals surface area (Å²) >= 11 is 3.68. The number of pyridine rings is 1. The highest BCUT2D eigenvalue weighted by atomic mass is 79.9. The fraction of sp³-hybridized carbons (Fsp3) is 0.667. The van der Waals surface area contributed by atoms with Crippen molar-refractivity contribution < 1.29 is 0 Å². The van der Waals surface area contributed by atoms with Crippen LogP contribution in [0.5, 0.6) is 0 Å². The minimum Gasteiger partial charge on any atom is -0.397 e. The summed E-state index contributed by atoms with van der Waals surface area (Å²) in [6, 6.07) is 0.634. The van der Waals surface area contributed by atoms with Gasteiger partial charge in [-0.15, -0.1) is 0 Å². The molecular weight excluding hydrogens is 302 g/mol. The van der Waals surface area contributed by atoms with E-state index in [0.717, 1.165) is 28.1 Å². The standard InChI is InChI=1S/C15H24BrN3/c1-10(2)9-19(12-6-4-5-7-12)15-14(16)11(3)13(17)8-18-15/h8,10,12H,4-7,9,17H2,1-3H3. The zero-order valence-corrected chi connectivity index (χ0v) is 13.7. The minimum atomic E-state index is 0.632. The first-order valence-corrected chi connectivity index (χ1v) is 7.97. The third kappa shape index (κ3) is 3.22. The first kappa shape index (κ1) is 14.6. The van der Waals surface area contributed by atoms with E-state index < -0.39 is 0 Å². The van der Waals surface area contributed by atoms with Gasteiger partial charge in [0, 0.05) is 12.6 Å². The van der Waals surface area contributed by atoms with Crippen LogP contribution in [0, 0.1) is 12.8 Å². The maximum atomic E-state index is 5.93. The number of halogens is 1. The smallest absolute Gasteiger partial charge is 0.143 e. The van der Waals surface area contributed by atoms with Gasteiger partial charge in [-0.1, -0.05) is 26.7 Å². The van der Waals surface area contributed by atoms with Crippen LogP contribution in [0.2, 0.25) is 0 Å². The monoisotopic (exact) mass is 325 g/mol. The van der Waals surface area contributed by atoms with Crippen LogP contribution in [-0.4, -0.2) is 17.6 Å². The van der Waals surface area contributed by atoms with Gasteiger partial charge in [-0.05, 0) is 47.2 Å². The molecule has 3 nitrogen and oxygen atoms in total. The van der Waals surface area contributed by atoms with Crippen molar-refractivity contribution >= 4 is 27.4 Å². The Morgan fingerprint density at radius 1 is 1.42 bits per heavy atom. The van der Waals surface area contributed by atoms with Crippen molar-refractivity contribution in [3.05, 3.63) is 16.2 Å². The van der Waals surface area contributed by atoms with E-state index in [0.29, 0.717) is 12.0 Å². The van der Waals surface area contributed by atoms with Gasteiger partial charge >= 0.3 is 0 Å². The van der Waals surface area contributed by atoms with Crippen molar-refractivity contribution in [1.82, 2.24) is 4.98 Å². The summed E-state index contributed by atoms with van der Waals surface area (Å²) in [5, 5.41) is 0. The fourth-order valence-electron chi connectivity index (χ4n) is 2.80. The number of hydrogen-bond donors (Lipinski definition) is 1. The lowest BCUT2D eigenvalue weighted by Crippen LogP contribution is -2.37. The van der Waals surface area contributed by atoms with Crippen LogP contribution in [0.3, 0.4) is 0 Å². The lowest BCUT2D eigenvalue weighted by molar-refractivity contribution is 0.530. The first-order valence-electron chi connectivity index (χ1n) is 7.18. The van der Waals surface area contributed by atoms with Crippen molar-refractivity contribution in [2.75, 3.05) is 17.2 Å². The second-order valence-corrected chi connectivity index (χ2v) is 6.75. The summed E-state index contributed by atoms with van der Waals surface area (Å²) in [4.78, 5) is 7.07. The molecule has 1 aliphatic carbocycles. The summed E-state index contributed by atoms with van der Waals surface area (Å²) in [6.07, 6.45) is 7.03. The molecule has 1 fully saturated rings. The van der Waals surface area contributed by atoms with Crippen LogP contribution in [0.4, 0.5) is 11.5 Å². The molecule has 1 aliphatic rings. The van der Waals surface area contributed by atoms with E-state index in [1.54, 1.807) is 6.20 Å². The van der Waals surface area contributed by atoms with Crippen LogP contribution in [0.15, 0.2) is 10.7 Å². The molecule has 1 aromatic rings. The molecule has 1 heterocycles. The molecular formula is C15H24BrN3. The number of rotatable bonds is 4. The molecule has 19 heavy (non-hydrogen) atoms. The largest absolute Gasteiger partial charge is 0.397 e. The number of nitrogens with zero attached hydrogens (tertiary/aromatic N) is 2. The molecule has 2 rings (SSSR count).